The molecule has 94 valence electrons. The zero-order valence-electron chi connectivity index (χ0n) is 10.7. The lowest BCUT2D eigenvalue weighted by Crippen LogP contribution is -2.37. The van der Waals surface area contributed by atoms with Crippen molar-refractivity contribution >= 4 is 0 Å². The molecule has 17 heavy (non-hydrogen) atoms. The van der Waals surface area contributed by atoms with Gasteiger partial charge in [0.25, 0.3) is 0 Å². The van der Waals surface area contributed by atoms with Crippen molar-refractivity contribution in [1.82, 2.24) is 5.43 Å². The SMILES string of the molecule is Cc1ccc(C)c(C(NN)C2CCCOC2)c1. The molecule has 1 aliphatic heterocycles. The van der Waals surface area contributed by atoms with Gasteiger partial charge in [-0.3, -0.25) is 11.3 Å². The molecule has 3 N–H and O–H groups in total. The van der Waals surface area contributed by atoms with Gasteiger partial charge >= 0.3 is 0 Å². The van der Waals surface area contributed by atoms with E-state index in [0.717, 1.165) is 19.6 Å². The van der Waals surface area contributed by atoms with Gasteiger partial charge in [-0.15, -0.1) is 0 Å². The van der Waals surface area contributed by atoms with E-state index < -0.39 is 0 Å². The summed E-state index contributed by atoms with van der Waals surface area (Å²) in [5, 5.41) is 0. The predicted octanol–water partition coefficient (Wildman–Crippen LogP) is 2.23. The minimum atomic E-state index is 0.204. The summed E-state index contributed by atoms with van der Waals surface area (Å²) in [6.07, 6.45) is 2.32. The highest BCUT2D eigenvalue weighted by Crippen LogP contribution is 2.30. The average Bonchev–Trinajstić information content (AvgIpc) is 2.36. The third-order valence-corrected chi connectivity index (χ3v) is 3.62. The van der Waals surface area contributed by atoms with Gasteiger partial charge in [-0.2, -0.15) is 0 Å². The highest BCUT2D eigenvalue weighted by Gasteiger charge is 2.25. The first kappa shape index (κ1) is 12.6. The number of nitrogens with one attached hydrogen (secondary N) is 1. The molecular weight excluding hydrogens is 212 g/mol. The second-order valence-corrected chi connectivity index (χ2v) is 4.98. The largest absolute Gasteiger partial charge is 0.381 e. The highest BCUT2D eigenvalue weighted by atomic mass is 16.5. The van der Waals surface area contributed by atoms with Gasteiger partial charge in [0.1, 0.15) is 0 Å². The molecule has 1 aliphatic rings. The van der Waals surface area contributed by atoms with E-state index in [0.29, 0.717) is 5.92 Å². The molecule has 0 aromatic heterocycles. The molecule has 0 aliphatic carbocycles. The van der Waals surface area contributed by atoms with Crippen LogP contribution in [-0.4, -0.2) is 13.2 Å². The maximum absolute atomic E-state index is 5.75. The van der Waals surface area contributed by atoms with E-state index in [4.69, 9.17) is 10.6 Å². The van der Waals surface area contributed by atoms with Crippen molar-refractivity contribution in [1.29, 1.82) is 0 Å². The van der Waals surface area contributed by atoms with Gasteiger partial charge in [-0.25, -0.2) is 0 Å². The molecule has 3 heteroatoms. The summed E-state index contributed by atoms with van der Waals surface area (Å²) in [5.74, 6) is 6.23. The number of rotatable bonds is 3. The Hall–Kier alpha value is -0.900. The van der Waals surface area contributed by atoms with Crippen LogP contribution in [0.2, 0.25) is 0 Å². The van der Waals surface area contributed by atoms with Gasteiger partial charge in [-0.1, -0.05) is 23.8 Å². The molecule has 1 aromatic carbocycles. The van der Waals surface area contributed by atoms with E-state index in [9.17, 15) is 0 Å². The molecule has 3 nitrogen and oxygen atoms in total. The van der Waals surface area contributed by atoms with Crippen LogP contribution in [0.25, 0.3) is 0 Å². The number of aryl methyl sites for hydroxylation is 2. The predicted molar refractivity (Wildman–Crippen MR) is 69.5 cm³/mol. The lowest BCUT2D eigenvalue weighted by molar-refractivity contribution is 0.0389. The van der Waals surface area contributed by atoms with Crippen LogP contribution in [0.5, 0.6) is 0 Å². The monoisotopic (exact) mass is 234 g/mol. The number of ether oxygens (including phenoxy) is 1. The number of benzene rings is 1. The van der Waals surface area contributed by atoms with Crippen LogP contribution in [0.15, 0.2) is 18.2 Å². The third-order valence-electron chi connectivity index (χ3n) is 3.62. The second-order valence-electron chi connectivity index (χ2n) is 4.98. The molecule has 2 rings (SSSR count). The molecule has 0 radical (unpaired) electrons. The Labute approximate surface area is 103 Å². The highest BCUT2D eigenvalue weighted by molar-refractivity contribution is 5.33. The summed E-state index contributed by atoms with van der Waals surface area (Å²) >= 11 is 0. The molecule has 1 saturated heterocycles. The Balaban J connectivity index is 2.24. The van der Waals surface area contributed by atoms with Gasteiger partial charge in [0.2, 0.25) is 0 Å². The molecule has 0 spiro atoms. The van der Waals surface area contributed by atoms with Crippen LogP contribution in [-0.2, 0) is 4.74 Å². The number of hydrogen-bond donors (Lipinski definition) is 2. The molecule has 0 saturated carbocycles. The van der Waals surface area contributed by atoms with Crippen molar-refractivity contribution in [3.63, 3.8) is 0 Å². The van der Waals surface area contributed by atoms with Crippen LogP contribution in [0, 0.1) is 19.8 Å². The molecule has 2 atom stereocenters. The summed E-state index contributed by atoms with van der Waals surface area (Å²) in [6.45, 7) is 5.96. The summed E-state index contributed by atoms with van der Waals surface area (Å²) in [7, 11) is 0. The maximum atomic E-state index is 5.75. The Morgan fingerprint density at radius 3 is 2.88 bits per heavy atom. The average molecular weight is 234 g/mol. The fraction of sp³-hybridized carbons (Fsp3) is 0.571. The first-order valence-corrected chi connectivity index (χ1v) is 6.33. The Morgan fingerprint density at radius 2 is 2.24 bits per heavy atom. The number of hydrazine groups is 1. The second kappa shape index (κ2) is 5.63. The zero-order chi connectivity index (χ0) is 12.3. The van der Waals surface area contributed by atoms with Gasteiger partial charge < -0.3 is 4.74 Å². The van der Waals surface area contributed by atoms with E-state index >= 15 is 0 Å². The van der Waals surface area contributed by atoms with Crippen LogP contribution in [0.1, 0.15) is 35.6 Å². The lowest BCUT2D eigenvalue weighted by atomic mass is 9.86. The van der Waals surface area contributed by atoms with Crippen LogP contribution in [0.4, 0.5) is 0 Å². The van der Waals surface area contributed by atoms with Crippen LogP contribution in [0.3, 0.4) is 0 Å². The van der Waals surface area contributed by atoms with Gasteiger partial charge in [0, 0.05) is 12.5 Å². The summed E-state index contributed by atoms with van der Waals surface area (Å²) in [6, 6.07) is 6.74. The van der Waals surface area contributed by atoms with Crippen molar-refractivity contribution in [3.05, 3.63) is 34.9 Å². The maximum Gasteiger partial charge on any atom is 0.0513 e. The van der Waals surface area contributed by atoms with Gasteiger partial charge in [0.05, 0.1) is 12.6 Å². The first-order valence-electron chi connectivity index (χ1n) is 6.33. The van der Waals surface area contributed by atoms with Crippen molar-refractivity contribution in [2.75, 3.05) is 13.2 Å². The zero-order valence-corrected chi connectivity index (χ0v) is 10.7. The van der Waals surface area contributed by atoms with E-state index in [2.05, 4.69) is 37.5 Å². The molecule has 1 aromatic rings. The fourth-order valence-electron chi connectivity index (χ4n) is 2.60. The molecule has 2 unspecified atom stereocenters. The van der Waals surface area contributed by atoms with E-state index in [1.54, 1.807) is 0 Å². The van der Waals surface area contributed by atoms with E-state index in [-0.39, 0.29) is 6.04 Å². The van der Waals surface area contributed by atoms with Crippen LogP contribution < -0.4 is 11.3 Å². The van der Waals surface area contributed by atoms with Gasteiger partial charge in [-0.05, 0) is 37.8 Å². The summed E-state index contributed by atoms with van der Waals surface area (Å²) in [4.78, 5) is 0. The van der Waals surface area contributed by atoms with Crippen LogP contribution >= 0.6 is 0 Å². The quantitative estimate of drug-likeness (QED) is 0.623. The summed E-state index contributed by atoms with van der Waals surface area (Å²) in [5.41, 5.74) is 6.86. The normalized spacial score (nSPS) is 22.4. The minimum Gasteiger partial charge on any atom is -0.381 e. The molecule has 1 heterocycles. The standard InChI is InChI=1S/C14H22N2O/c1-10-5-6-11(2)13(8-10)14(16-15)12-4-3-7-17-9-12/h5-6,8,12,14,16H,3-4,7,9,15H2,1-2H3. The third kappa shape index (κ3) is 2.86. The molecule has 0 bridgehead atoms. The molecule has 1 fully saturated rings. The van der Waals surface area contributed by atoms with E-state index in [1.165, 1.54) is 23.1 Å². The fourth-order valence-corrected chi connectivity index (χ4v) is 2.60. The van der Waals surface area contributed by atoms with Crippen molar-refractivity contribution in [2.24, 2.45) is 11.8 Å². The minimum absolute atomic E-state index is 0.204. The number of nitrogens with two attached hydrogens (primary N) is 1. The summed E-state index contributed by atoms with van der Waals surface area (Å²) < 4.78 is 5.56. The van der Waals surface area contributed by atoms with Crippen molar-refractivity contribution in [2.45, 2.75) is 32.7 Å². The first-order chi connectivity index (χ1) is 8.22. The Morgan fingerprint density at radius 1 is 1.41 bits per heavy atom. The molecular formula is C14H22N2O. The number of hydrogen-bond acceptors (Lipinski definition) is 3. The Kier molecular flexibility index (Phi) is 4.15. The Bertz CT molecular complexity index is 372. The smallest absolute Gasteiger partial charge is 0.0513 e. The topological polar surface area (TPSA) is 47.3 Å². The lowest BCUT2D eigenvalue weighted by Gasteiger charge is -2.31. The van der Waals surface area contributed by atoms with Crippen molar-refractivity contribution < 1.29 is 4.74 Å². The molecule has 0 amide bonds. The van der Waals surface area contributed by atoms with Crippen molar-refractivity contribution in [3.8, 4) is 0 Å². The van der Waals surface area contributed by atoms with Gasteiger partial charge in [0.15, 0.2) is 0 Å². The van der Waals surface area contributed by atoms with E-state index in [1.807, 2.05) is 0 Å².